The van der Waals surface area contributed by atoms with E-state index in [9.17, 15) is 13.2 Å². The van der Waals surface area contributed by atoms with E-state index in [1.54, 1.807) is 0 Å². The quantitative estimate of drug-likeness (QED) is 0.893. The van der Waals surface area contributed by atoms with Gasteiger partial charge in [-0.05, 0) is 19.0 Å². The van der Waals surface area contributed by atoms with Gasteiger partial charge in [-0.3, -0.25) is 0 Å². The molecule has 7 heteroatoms. The van der Waals surface area contributed by atoms with Crippen molar-refractivity contribution in [1.82, 2.24) is 10.3 Å². The maximum Gasteiger partial charge on any atom is 0.417 e. The van der Waals surface area contributed by atoms with Crippen molar-refractivity contribution in [2.24, 2.45) is 0 Å². The molecule has 0 aliphatic carbocycles. The molecule has 0 saturated carbocycles. The van der Waals surface area contributed by atoms with Crippen molar-refractivity contribution < 1.29 is 17.9 Å². The van der Waals surface area contributed by atoms with Crippen LogP contribution in [0.4, 0.5) is 13.2 Å². The minimum atomic E-state index is -4.44. The molecule has 1 saturated heterocycles. The Labute approximate surface area is 101 Å². The summed E-state index contributed by atoms with van der Waals surface area (Å²) in [5.41, 5.74) is -0.876. The summed E-state index contributed by atoms with van der Waals surface area (Å²) in [6.45, 7) is 1.47. The van der Waals surface area contributed by atoms with Crippen LogP contribution in [0.3, 0.4) is 0 Å². The Bertz CT molecular complexity index is 405. The normalized spacial score (nSPS) is 20.6. The average molecular weight is 267 g/mol. The number of halogens is 4. The largest absolute Gasteiger partial charge is 0.472 e. The number of pyridine rings is 1. The van der Waals surface area contributed by atoms with Gasteiger partial charge in [0.05, 0.1) is 5.56 Å². The van der Waals surface area contributed by atoms with Gasteiger partial charge in [0.2, 0.25) is 5.88 Å². The van der Waals surface area contributed by atoms with Crippen molar-refractivity contribution in [1.29, 1.82) is 0 Å². The molecule has 17 heavy (non-hydrogen) atoms. The lowest BCUT2D eigenvalue weighted by molar-refractivity contribution is -0.137. The van der Waals surface area contributed by atoms with Crippen molar-refractivity contribution in [3.63, 3.8) is 0 Å². The van der Waals surface area contributed by atoms with Gasteiger partial charge in [-0.1, -0.05) is 11.6 Å². The predicted octanol–water partition coefficient (Wildman–Crippen LogP) is 2.49. The molecule has 1 aromatic heterocycles. The Morgan fingerprint density at radius 1 is 1.47 bits per heavy atom. The van der Waals surface area contributed by atoms with E-state index in [0.717, 1.165) is 25.2 Å². The Morgan fingerprint density at radius 2 is 2.24 bits per heavy atom. The molecule has 1 aliphatic rings. The van der Waals surface area contributed by atoms with Crippen LogP contribution in [0.5, 0.6) is 5.88 Å². The second-order valence-electron chi connectivity index (χ2n) is 3.74. The molecule has 1 aliphatic heterocycles. The summed E-state index contributed by atoms with van der Waals surface area (Å²) in [6, 6.07) is 0.826. The minimum Gasteiger partial charge on any atom is -0.472 e. The fraction of sp³-hybridized carbons (Fsp3) is 0.500. The monoisotopic (exact) mass is 266 g/mol. The Balaban J connectivity index is 2.14. The van der Waals surface area contributed by atoms with Gasteiger partial charge in [-0.25, -0.2) is 4.98 Å². The molecule has 0 aromatic carbocycles. The van der Waals surface area contributed by atoms with Crippen molar-refractivity contribution in [3.05, 3.63) is 22.8 Å². The molecule has 0 amide bonds. The van der Waals surface area contributed by atoms with E-state index < -0.39 is 11.7 Å². The van der Waals surface area contributed by atoms with E-state index in [-0.39, 0.29) is 17.0 Å². The fourth-order valence-corrected chi connectivity index (χ4v) is 1.76. The number of hydrogen-bond donors (Lipinski definition) is 1. The molecular formula is C10H10ClF3N2O. The molecule has 1 atom stereocenters. The standard InChI is InChI=1S/C10H10ClF3N2O/c11-8-3-6(10(12,13)14)4-16-9(8)17-7-1-2-15-5-7/h3-4,7,15H,1-2,5H2/t7-/m0/s1. The Kier molecular flexibility index (Phi) is 3.44. The first-order chi connectivity index (χ1) is 7.97. The molecule has 1 fully saturated rings. The molecule has 0 unspecified atom stereocenters. The third-order valence-electron chi connectivity index (χ3n) is 2.43. The molecule has 2 rings (SSSR count). The number of nitrogens with one attached hydrogen (secondary N) is 1. The molecule has 3 nitrogen and oxygen atoms in total. The van der Waals surface area contributed by atoms with E-state index >= 15 is 0 Å². The first-order valence-electron chi connectivity index (χ1n) is 5.07. The zero-order valence-corrected chi connectivity index (χ0v) is 9.48. The number of alkyl halides is 3. The zero-order valence-electron chi connectivity index (χ0n) is 8.72. The smallest absolute Gasteiger partial charge is 0.417 e. The van der Waals surface area contributed by atoms with Gasteiger partial charge < -0.3 is 10.1 Å². The molecule has 2 heterocycles. The number of hydrogen-bond acceptors (Lipinski definition) is 3. The van der Waals surface area contributed by atoms with Crippen molar-refractivity contribution in [2.75, 3.05) is 13.1 Å². The van der Waals surface area contributed by atoms with Crippen molar-refractivity contribution >= 4 is 11.6 Å². The third kappa shape index (κ3) is 3.01. The van der Waals surface area contributed by atoms with E-state index in [0.29, 0.717) is 6.54 Å². The first kappa shape index (κ1) is 12.4. The SMILES string of the molecule is FC(F)(F)c1cnc(O[C@H]2CCNC2)c(Cl)c1. The Hall–Kier alpha value is -1.01. The molecule has 94 valence electrons. The first-order valence-corrected chi connectivity index (χ1v) is 5.45. The molecule has 0 bridgehead atoms. The van der Waals surface area contributed by atoms with Gasteiger partial charge in [-0.2, -0.15) is 13.2 Å². The van der Waals surface area contributed by atoms with Gasteiger partial charge in [0.15, 0.2) is 0 Å². The number of ether oxygens (including phenoxy) is 1. The van der Waals surface area contributed by atoms with E-state index in [1.165, 1.54) is 0 Å². The van der Waals surface area contributed by atoms with Gasteiger partial charge >= 0.3 is 6.18 Å². The second-order valence-corrected chi connectivity index (χ2v) is 4.15. The zero-order chi connectivity index (χ0) is 12.5. The van der Waals surface area contributed by atoms with Gasteiger partial charge in [-0.15, -0.1) is 0 Å². The highest BCUT2D eigenvalue weighted by Crippen LogP contribution is 2.33. The van der Waals surface area contributed by atoms with Gasteiger partial charge in [0.25, 0.3) is 0 Å². The lowest BCUT2D eigenvalue weighted by Crippen LogP contribution is -2.20. The number of rotatable bonds is 2. The number of aromatic nitrogens is 1. The predicted molar refractivity (Wildman–Crippen MR) is 56.2 cm³/mol. The molecule has 0 spiro atoms. The molecule has 0 radical (unpaired) electrons. The van der Waals surface area contributed by atoms with Crippen molar-refractivity contribution in [3.8, 4) is 5.88 Å². The highest BCUT2D eigenvalue weighted by Gasteiger charge is 2.32. The van der Waals surface area contributed by atoms with E-state index in [2.05, 4.69) is 10.3 Å². The maximum absolute atomic E-state index is 12.4. The van der Waals surface area contributed by atoms with E-state index in [1.807, 2.05) is 0 Å². The maximum atomic E-state index is 12.4. The van der Waals surface area contributed by atoms with Crippen LogP contribution in [0.25, 0.3) is 0 Å². The molecular weight excluding hydrogens is 257 g/mol. The van der Waals surface area contributed by atoms with Crippen molar-refractivity contribution in [2.45, 2.75) is 18.7 Å². The Morgan fingerprint density at radius 3 is 2.76 bits per heavy atom. The highest BCUT2D eigenvalue weighted by molar-refractivity contribution is 6.31. The minimum absolute atomic E-state index is 0.0494. The summed E-state index contributed by atoms with van der Waals surface area (Å²) < 4.78 is 42.5. The van der Waals surface area contributed by atoms with Crippen LogP contribution >= 0.6 is 11.6 Å². The van der Waals surface area contributed by atoms with Crippen LogP contribution in [-0.4, -0.2) is 24.2 Å². The summed E-state index contributed by atoms with van der Waals surface area (Å²) in [5, 5.41) is 2.95. The second kappa shape index (κ2) is 4.70. The lowest BCUT2D eigenvalue weighted by atomic mass is 10.3. The number of nitrogens with zero attached hydrogens (tertiary/aromatic N) is 1. The van der Waals surface area contributed by atoms with Crippen LogP contribution in [-0.2, 0) is 6.18 Å². The summed E-state index contributed by atoms with van der Waals surface area (Å²) in [4.78, 5) is 3.61. The summed E-state index contributed by atoms with van der Waals surface area (Å²) in [7, 11) is 0. The molecule has 1 aromatic rings. The van der Waals surface area contributed by atoms with Crippen LogP contribution in [0.1, 0.15) is 12.0 Å². The van der Waals surface area contributed by atoms with Crippen LogP contribution in [0, 0.1) is 0 Å². The summed E-state index contributed by atoms with van der Waals surface area (Å²) >= 11 is 5.71. The highest BCUT2D eigenvalue weighted by atomic mass is 35.5. The van der Waals surface area contributed by atoms with Gasteiger partial charge in [0.1, 0.15) is 11.1 Å². The third-order valence-corrected chi connectivity index (χ3v) is 2.70. The average Bonchev–Trinajstić information content (AvgIpc) is 2.72. The van der Waals surface area contributed by atoms with E-state index in [4.69, 9.17) is 16.3 Å². The molecule has 1 N–H and O–H groups in total. The fourth-order valence-electron chi connectivity index (χ4n) is 1.55. The van der Waals surface area contributed by atoms with Crippen LogP contribution in [0.2, 0.25) is 5.02 Å². The van der Waals surface area contributed by atoms with Gasteiger partial charge in [0, 0.05) is 12.7 Å². The summed E-state index contributed by atoms with van der Waals surface area (Å²) in [6.07, 6.45) is -3.01. The summed E-state index contributed by atoms with van der Waals surface area (Å²) in [5.74, 6) is 0.0494. The lowest BCUT2D eigenvalue weighted by Gasteiger charge is -2.13. The van der Waals surface area contributed by atoms with Crippen LogP contribution < -0.4 is 10.1 Å². The van der Waals surface area contributed by atoms with Crippen LogP contribution in [0.15, 0.2) is 12.3 Å². The topological polar surface area (TPSA) is 34.1 Å².